The second kappa shape index (κ2) is 5.94. The van der Waals surface area contributed by atoms with E-state index >= 15 is 0 Å². The van der Waals surface area contributed by atoms with Gasteiger partial charge in [0.25, 0.3) is 0 Å². The molecule has 1 aromatic heterocycles. The van der Waals surface area contributed by atoms with Gasteiger partial charge in [0.1, 0.15) is 0 Å². The molecule has 2 aromatic rings. The Kier molecular flexibility index (Phi) is 4.03. The number of rotatable bonds is 3. The van der Waals surface area contributed by atoms with Crippen LogP contribution in [0.15, 0.2) is 24.3 Å². The maximum Gasteiger partial charge on any atom is 0.335 e. The lowest BCUT2D eigenvalue weighted by atomic mass is 10.2. The van der Waals surface area contributed by atoms with Gasteiger partial charge in [0.2, 0.25) is 0 Å². The van der Waals surface area contributed by atoms with Gasteiger partial charge in [-0.3, -0.25) is 4.90 Å². The third-order valence-corrected chi connectivity index (χ3v) is 4.98. The smallest absolute Gasteiger partial charge is 0.335 e. The van der Waals surface area contributed by atoms with Crippen molar-refractivity contribution >= 4 is 27.4 Å². The first-order chi connectivity index (χ1) is 9.72. The Hall–Kier alpha value is -1.39. The van der Waals surface area contributed by atoms with E-state index < -0.39 is 5.97 Å². The van der Waals surface area contributed by atoms with Crippen molar-refractivity contribution in [1.29, 1.82) is 0 Å². The van der Waals surface area contributed by atoms with Crippen LogP contribution in [0.4, 0.5) is 0 Å². The standard InChI is InChI=1S/C16H19NO2S/c18-16(19)13-6-5-12-9-14(20-15(12)10-13)11-17-7-3-1-2-4-8-17/h5-6,9-10H,1-4,7-8,11H2,(H,18,19). The SMILES string of the molecule is O=C(O)c1ccc2cc(CN3CCCCCC3)sc2c1. The van der Waals surface area contributed by atoms with E-state index in [-0.39, 0.29) is 0 Å². The lowest BCUT2D eigenvalue weighted by molar-refractivity contribution is 0.0697. The minimum absolute atomic E-state index is 0.376. The zero-order chi connectivity index (χ0) is 13.9. The van der Waals surface area contributed by atoms with Crippen molar-refractivity contribution in [2.45, 2.75) is 32.2 Å². The van der Waals surface area contributed by atoms with Gasteiger partial charge in [-0.15, -0.1) is 11.3 Å². The molecule has 20 heavy (non-hydrogen) atoms. The van der Waals surface area contributed by atoms with Gasteiger partial charge in [-0.05, 0) is 49.5 Å². The lowest BCUT2D eigenvalue weighted by Gasteiger charge is -2.18. The van der Waals surface area contributed by atoms with Crippen LogP contribution in [-0.2, 0) is 6.54 Å². The fourth-order valence-electron chi connectivity index (χ4n) is 2.81. The maximum atomic E-state index is 11.0. The Balaban J connectivity index is 1.79. The summed E-state index contributed by atoms with van der Waals surface area (Å²) in [7, 11) is 0. The van der Waals surface area contributed by atoms with E-state index in [1.54, 1.807) is 23.5 Å². The van der Waals surface area contributed by atoms with E-state index in [0.717, 1.165) is 16.6 Å². The Morgan fingerprint density at radius 2 is 1.90 bits per heavy atom. The molecule has 4 heteroatoms. The fraction of sp³-hybridized carbons (Fsp3) is 0.438. The molecule has 0 amide bonds. The molecule has 0 spiro atoms. The Bertz CT molecular complexity index is 612. The molecule has 106 valence electrons. The highest BCUT2D eigenvalue weighted by Crippen LogP contribution is 2.28. The van der Waals surface area contributed by atoms with Gasteiger partial charge < -0.3 is 5.11 Å². The van der Waals surface area contributed by atoms with E-state index in [1.165, 1.54) is 43.6 Å². The van der Waals surface area contributed by atoms with Gasteiger partial charge in [-0.1, -0.05) is 18.9 Å². The molecule has 0 saturated carbocycles. The number of aromatic carboxylic acids is 1. The maximum absolute atomic E-state index is 11.0. The number of likely N-dealkylation sites (tertiary alicyclic amines) is 1. The monoisotopic (exact) mass is 289 g/mol. The normalized spacial score (nSPS) is 17.2. The van der Waals surface area contributed by atoms with E-state index in [1.807, 2.05) is 6.07 Å². The molecule has 1 aliphatic rings. The van der Waals surface area contributed by atoms with Gasteiger partial charge in [-0.2, -0.15) is 0 Å². The molecule has 0 unspecified atom stereocenters. The number of carboxylic acids is 1. The topological polar surface area (TPSA) is 40.5 Å². The van der Waals surface area contributed by atoms with Gasteiger partial charge >= 0.3 is 5.97 Å². The zero-order valence-corrected chi connectivity index (χ0v) is 12.3. The summed E-state index contributed by atoms with van der Waals surface area (Å²) >= 11 is 1.72. The predicted molar refractivity (Wildman–Crippen MR) is 82.5 cm³/mol. The molecule has 2 heterocycles. The van der Waals surface area contributed by atoms with Crippen LogP contribution in [0, 0.1) is 0 Å². The number of fused-ring (bicyclic) bond motifs is 1. The lowest BCUT2D eigenvalue weighted by Crippen LogP contribution is -2.23. The fourth-order valence-corrected chi connectivity index (χ4v) is 3.96. The Morgan fingerprint density at radius 3 is 2.60 bits per heavy atom. The molecule has 1 N–H and O–H groups in total. The quantitative estimate of drug-likeness (QED) is 0.929. The van der Waals surface area contributed by atoms with E-state index in [9.17, 15) is 4.79 Å². The van der Waals surface area contributed by atoms with Crippen molar-refractivity contribution in [3.8, 4) is 0 Å². The number of carboxylic acid groups (broad SMARTS) is 1. The second-order valence-corrected chi connectivity index (χ2v) is 6.63. The first kappa shape index (κ1) is 13.6. The Labute approximate surface area is 122 Å². The molecule has 1 fully saturated rings. The van der Waals surface area contributed by atoms with Crippen molar-refractivity contribution in [2.24, 2.45) is 0 Å². The zero-order valence-electron chi connectivity index (χ0n) is 11.5. The predicted octanol–water partition coefficient (Wildman–Crippen LogP) is 3.98. The molecule has 0 atom stereocenters. The summed E-state index contributed by atoms with van der Waals surface area (Å²) in [4.78, 5) is 14.9. The molecule has 1 aromatic carbocycles. The van der Waals surface area contributed by atoms with Crippen molar-refractivity contribution in [2.75, 3.05) is 13.1 Å². The number of hydrogen-bond acceptors (Lipinski definition) is 3. The molecular formula is C16H19NO2S. The number of nitrogens with zero attached hydrogens (tertiary/aromatic N) is 1. The summed E-state index contributed by atoms with van der Waals surface area (Å²) < 4.78 is 1.08. The first-order valence-electron chi connectivity index (χ1n) is 7.20. The van der Waals surface area contributed by atoms with Crippen LogP contribution >= 0.6 is 11.3 Å². The third kappa shape index (κ3) is 3.02. The third-order valence-electron chi connectivity index (χ3n) is 3.90. The molecule has 0 radical (unpaired) electrons. The van der Waals surface area contributed by atoms with Crippen molar-refractivity contribution in [1.82, 2.24) is 4.90 Å². The van der Waals surface area contributed by atoms with Crippen LogP contribution in [0.1, 0.15) is 40.9 Å². The van der Waals surface area contributed by atoms with Crippen LogP contribution in [0.5, 0.6) is 0 Å². The summed E-state index contributed by atoms with van der Waals surface area (Å²) in [6, 6.07) is 7.60. The summed E-state index contributed by atoms with van der Waals surface area (Å²) in [5, 5.41) is 10.2. The molecule has 0 bridgehead atoms. The largest absolute Gasteiger partial charge is 0.478 e. The number of thiophene rings is 1. The average molecular weight is 289 g/mol. The van der Waals surface area contributed by atoms with E-state index in [4.69, 9.17) is 5.11 Å². The van der Waals surface area contributed by atoms with Gasteiger partial charge in [0.15, 0.2) is 0 Å². The molecule has 1 saturated heterocycles. The molecular weight excluding hydrogens is 270 g/mol. The van der Waals surface area contributed by atoms with Gasteiger partial charge in [0, 0.05) is 16.1 Å². The first-order valence-corrected chi connectivity index (χ1v) is 8.02. The van der Waals surface area contributed by atoms with Crippen LogP contribution < -0.4 is 0 Å². The van der Waals surface area contributed by atoms with Crippen molar-refractivity contribution < 1.29 is 9.90 Å². The minimum Gasteiger partial charge on any atom is -0.478 e. The highest BCUT2D eigenvalue weighted by Gasteiger charge is 2.12. The Morgan fingerprint density at radius 1 is 1.15 bits per heavy atom. The summed E-state index contributed by atoms with van der Waals surface area (Å²) in [5.41, 5.74) is 0.376. The highest BCUT2D eigenvalue weighted by atomic mass is 32.1. The highest BCUT2D eigenvalue weighted by molar-refractivity contribution is 7.19. The van der Waals surface area contributed by atoms with Crippen molar-refractivity contribution in [3.05, 3.63) is 34.7 Å². The summed E-state index contributed by atoms with van der Waals surface area (Å²) in [5.74, 6) is -0.852. The minimum atomic E-state index is -0.852. The van der Waals surface area contributed by atoms with Crippen LogP contribution in [-0.4, -0.2) is 29.1 Å². The number of carbonyl (C=O) groups is 1. The molecule has 3 rings (SSSR count). The summed E-state index contributed by atoms with van der Waals surface area (Å²) in [6.45, 7) is 3.38. The van der Waals surface area contributed by atoms with Crippen LogP contribution in [0.2, 0.25) is 0 Å². The van der Waals surface area contributed by atoms with Crippen molar-refractivity contribution in [3.63, 3.8) is 0 Å². The molecule has 1 aliphatic heterocycles. The molecule has 0 aliphatic carbocycles. The van der Waals surface area contributed by atoms with E-state index in [2.05, 4.69) is 11.0 Å². The van der Waals surface area contributed by atoms with Gasteiger partial charge in [-0.25, -0.2) is 4.79 Å². The summed E-state index contributed by atoms with van der Waals surface area (Å²) in [6.07, 6.45) is 5.30. The number of benzene rings is 1. The average Bonchev–Trinajstić information content (AvgIpc) is 2.64. The van der Waals surface area contributed by atoms with Gasteiger partial charge in [0.05, 0.1) is 5.56 Å². The number of hydrogen-bond donors (Lipinski definition) is 1. The van der Waals surface area contributed by atoms with Crippen LogP contribution in [0.25, 0.3) is 10.1 Å². The molecule has 3 nitrogen and oxygen atoms in total. The second-order valence-electron chi connectivity index (χ2n) is 5.46. The van der Waals surface area contributed by atoms with Crippen LogP contribution in [0.3, 0.4) is 0 Å². The van der Waals surface area contributed by atoms with E-state index in [0.29, 0.717) is 5.56 Å².